The predicted octanol–water partition coefficient (Wildman–Crippen LogP) is 5.77. The molecule has 232 valence electrons. The van der Waals surface area contributed by atoms with Gasteiger partial charge in [-0.3, -0.25) is 19.3 Å². The highest BCUT2D eigenvalue weighted by atomic mass is 16.3. The van der Waals surface area contributed by atoms with E-state index in [0.717, 1.165) is 19.3 Å². The van der Waals surface area contributed by atoms with Crippen molar-refractivity contribution in [3.05, 3.63) is 72.8 Å². The highest BCUT2D eigenvalue weighted by molar-refractivity contribution is 6.24. The second kappa shape index (κ2) is 11.3. The molecule has 5 aliphatic rings. The fourth-order valence-electron chi connectivity index (χ4n) is 8.67. The van der Waals surface area contributed by atoms with Crippen molar-refractivity contribution in [3.63, 3.8) is 0 Å². The number of hydrogen-bond acceptors (Lipinski definition) is 5. The summed E-state index contributed by atoms with van der Waals surface area (Å²) in [5.41, 5.74) is 2.15. The number of rotatable bonds is 6. The Labute approximate surface area is 261 Å². The lowest BCUT2D eigenvalue weighted by molar-refractivity contribution is -0.129. The smallest absolute Gasteiger partial charge is 0.320 e. The van der Waals surface area contributed by atoms with Crippen LogP contribution in [0.15, 0.2) is 72.8 Å². The zero-order valence-electron chi connectivity index (χ0n) is 25.2. The van der Waals surface area contributed by atoms with Crippen LogP contribution in [0, 0.1) is 23.2 Å². The third-order valence-corrected chi connectivity index (χ3v) is 9.91. The maximum absolute atomic E-state index is 14.6. The van der Waals surface area contributed by atoms with Crippen LogP contribution < -0.4 is 25.8 Å². The molecule has 3 aromatic rings. The summed E-state index contributed by atoms with van der Waals surface area (Å²) in [5.74, 6) is 0.404. The lowest BCUT2D eigenvalue weighted by Gasteiger charge is -2.57. The fourth-order valence-corrected chi connectivity index (χ4v) is 8.67. The number of phenols is 1. The summed E-state index contributed by atoms with van der Waals surface area (Å²) in [6.07, 6.45) is 7.02. The molecule has 0 saturated heterocycles. The first-order valence-electron chi connectivity index (χ1n) is 15.7. The van der Waals surface area contributed by atoms with E-state index in [4.69, 9.17) is 0 Å². The minimum Gasteiger partial charge on any atom is -0.506 e. The van der Waals surface area contributed by atoms with Crippen molar-refractivity contribution in [1.82, 2.24) is 5.32 Å². The normalized spacial score (nSPS) is 26.7. The molecule has 0 radical (unpaired) electrons. The van der Waals surface area contributed by atoms with E-state index >= 15 is 0 Å². The molecule has 10 heteroatoms. The summed E-state index contributed by atoms with van der Waals surface area (Å²) in [6, 6.07) is 18.4. The Morgan fingerprint density at radius 3 is 2.09 bits per heavy atom. The Hall–Kier alpha value is -4.86. The van der Waals surface area contributed by atoms with Gasteiger partial charge in [0.05, 0.1) is 17.1 Å². The van der Waals surface area contributed by atoms with Crippen molar-refractivity contribution >= 4 is 52.2 Å². The van der Waals surface area contributed by atoms with Crippen LogP contribution in [-0.2, 0) is 14.4 Å². The Bertz CT molecular complexity index is 1640. The molecular formula is C35H37N5O5. The maximum atomic E-state index is 14.6. The summed E-state index contributed by atoms with van der Waals surface area (Å²) < 4.78 is 0. The van der Waals surface area contributed by atoms with E-state index in [0.29, 0.717) is 47.0 Å². The first kappa shape index (κ1) is 28.9. The van der Waals surface area contributed by atoms with Crippen LogP contribution in [0.3, 0.4) is 0 Å². The minimum absolute atomic E-state index is 0.0147. The van der Waals surface area contributed by atoms with Crippen LogP contribution in [0.1, 0.15) is 45.4 Å². The number of urea groups is 1. The van der Waals surface area contributed by atoms with Gasteiger partial charge in [0, 0.05) is 24.8 Å². The molecule has 0 aromatic heterocycles. The molecule has 1 unspecified atom stereocenters. The predicted molar refractivity (Wildman–Crippen MR) is 171 cm³/mol. The van der Waals surface area contributed by atoms with Gasteiger partial charge >= 0.3 is 6.03 Å². The molecule has 4 N–H and O–H groups in total. The molecule has 10 nitrogen and oxygen atoms in total. The first-order chi connectivity index (χ1) is 21.7. The number of nitrogens with one attached hydrogen (secondary N) is 3. The van der Waals surface area contributed by atoms with Gasteiger partial charge in [0.25, 0.3) is 11.8 Å². The third-order valence-electron chi connectivity index (χ3n) is 9.91. The van der Waals surface area contributed by atoms with Gasteiger partial charge in [-0.2, -0.15) is 0 Å². The maximum Gasteiger partial charge on any atom is 0.320 e. The first-order valence-corrected chi connectivity index (χ1v) is 15.7. The second-order valence-electron chi connectivity index (χ2n) is 13.3. The minimum atomic E-state index is -1.54. The number of benzene rings is 3. The van der Waals surface area contributed by atoms with Crippen LogP contribution in [0.25, 0.3) is 0 Å². The topological polar surface area (TPSA) is 131 Å². The largest absolute Gasteiger partial charge is 0.506 e. The number of amides is 5. The highest BCUT2D eigenvalue weighted by Crippen LogP contribution is 2.60. The Morgan fingerprint density at radius 2 is 1.44 bits per heavy atom. The molecule has 45 heavy (non-hydrogen) atoms. The van der Waals surface area contributed by atoms with Crippen molar-refractivity contribution in [2.24, 2.45) is 23.2 Å². The Morgan fingerprint density at radius 1 is 0.822 bits per heavy atom. The number of carbonyl (C=O) groups is 4. The number of fused-ring (bicyclic) bond motifs is 1. The number of hydrogen-bond donors (Lipinski definition) is 4. The fraction of sp³-hybridized carbons (Fsp3) is 0.371. The van der Waals surface area contributed by atoms with Crippen LogP contribution in [0.2, 0.25) is 0 Å². The molecule has 0 spiro atoms. The van der Waals surface area contributed by atoms with Crippen molar-refractivity contribution in [1.29, 1.82) is 0 Å². The summed E-state index contributed by atoms with van der Waals surface area (Å²) in [7, 11) is 0. The molecule has 1 aliphatic heterocycles. The SMILES string of the molecule is CC(=O)Nc1ccc(O)c(NC(=O)NC2C(=O)N(CC34CC5CC(CC(C5)C3)C4)c3ccccc3N(c3ccccc3)C2=O)c1. The molecule has 4 aliphatic carbocycles. The molecule has 1 atom stereocenters. The second-order valence-corrected chi connectivity index (χ2v) is 13.3. The highest BCUT2D eigenvalue weighted by Gasteiger charge is 2.53. The van der Waals surface area contributed by atoms with Crippen molar-refractivity contribution in [3.8, 4) is 5.75 Å². The van der Waals surface area contributed by atoms with E-state index in [-0.39, 0.29) is 22.8 Å². The number of phenolic OH excluding ortho intramolecular Hbond substituents is 1. The number of carbonyl (C=O) groups excluding carboxylic acids is 4. The quantitative estimate of drug-likeness (QED) is 0.161. The Balaban J connectivity index is 1.24. The number of nitrogens with zero attached hydrogens (tertiary/aromatic N) is 2. The lowest BCUT2D eigenvalue weighted by Crippen LogP contribution is -2.58. The molecule has 4 saturated carbocycles. The average Bonchev–Trinajstić information content (AvgIpc) is 3.07. The van der Waals surface area contributed by atoms with Gasteiger partial charge in [0.15, 0.2) is 6.04 Å². The summed E-state index contributed by atoms with van der Waals surface area (Å²) in [6.45, 7) is 1.84. The molecule has 5 amide bonds. The number of para-hydroxylation sites is 3. The van der Waals surface area contributed by atoms with E-state index in [1.165, 1.54) is 49.3 Å². The van der Waals surface area contributed by atoms with E-state index in [1.54, 1.807) is 17.0 Å². The van der Waals surface area contributed by atoms with Gasteiger partial charge in [-0.1, -0.05) is 30.3 Å². The third kappa shape index (κ3) is 5.49. The van der Waals surface area contributed by atoms with Crippen molar-refractivity contribution in [2.75, 3.05) is 27.0 Å². The lowest BCUT2D eigenvalue weighted by atomic mass is 9.49. The van der Waals surface area contributed by atoms with Gasteiger partial charge in [-0.05, 0) is 104 Å². The summed E-state index contributed by atoms with van der Waals surface area (Å²) in [4.78, 5) is 57.2. The van der Waals surface area contributed by atoms with E-state index in [2.05, 4.69) is 16.0 Å². The summed E-state index contributed by atoms with van der Waals surface area (Å²) >= 11 is 0. The van der Waals surface area contributed by atoms with Gasteiger partial charge in [-0.25, -0.2) is 4.79 Å². The monoisotopic (exact) mass is 607 g/mol. The van der Waals surface area contributed by atoms with Crippen LogP contribution >= 0.6 is 0 Å². The van der Waals surface area contributed by atoms with Crippen LogP contribution in [0.4, 0.5) is 33.2 Å². The van der Waals surface area contributed by atoms with Gasteiger partial charge in [0.1, 0.15) is 5.75 Å². The summed E-state index contributed by atoms with van der Waals surface area (Å²) in [5, 5.41) is 18.2. The number of aromatic hydroxyl groups is 1. The van der Waals surface area contributed by atoms with Gasteiger partial charge < -0.3 is 26.0 Å². The van der Waals surface area contributed by atoms with E-state index in [1.807, 2.05) is 42.5 Å². The molecular weight excluding hydrogens is 570 g/mol. The molecule has 1 heterocycles. The van der Waals surface area contributed by atoms with Crippen LogP contribution in [0.5, 0.6) is 5.75 Å². The zero-order valence-corrected chi connectivity index (χ0v) is 25.2. The zero-order chi connectivity index (χ0) is 31.3. The molecule has 8 rings (SSSR count). The van der Waals surface area contributed by atoms with E-state index < -0.39 is 23.9 Å². The Kier molecular flexibility index (Phi) is 7.22. The number of anilines is 5. The van der Waals surface area contributed by atoms with Crippen LogP contribution in [-0.4, -0.2) is 41.4 Å². The molecule has 3 aromatic carbocycles. The molecule has 4 fully saturated rings. The van der Waals surface area contributed by atoms with Gasteiger partial charge in [0.2, 0.25) is 5.91 Å². The van der Waals surface area contributed by atoms with Crippen molar-refractivity contribution in [2.45, 2.75) is 51.5 Å². The van der Waals surface area contributed by atoms with Gasteiger partial charge in [-0.15, -0.1) is 0 Å². The molecule has 4 bridgehead atoms. The van der Waals surface area contributed by atoms with Crippen molar-refractivity contribution < 1.29 is 24.3 Å². The van der Waals surface area contributed by atoms with E-state index in [9.17, 15) is 24.3 Å². The average molecular weight is 608 g/mol. The standard InChI is InChI=1S/C35H37N5O5/c1-21(41)36-25-11-12-30(42)27(16-25)37-34(45)38-31-32(43)39(20-35-17-22-13-23(18-35)15-24(14-22)19-35)28-9-5-6-10-29(28)40(33(31)44)26-7-3-2-4-8-26/h2-12,16,22-24,31,42H,13-15,17-20H2,1H3,(H,36,41)(H2,37,38,45).